The average Bonchev–Trinajstić information content (AvgIpc) is 2.98. The number of thioether (sulfide) groups is 1. The predicted octanol–water partition coefficient (Wildman–Crippen LogP) is 7.30. The van der Waals surface area contributed by atoms with Crippen LogP contribution in [0.4, 0.5) is 0 Å². The summed E-state index contributed by atoms with van der Waals surface area (Å²) >= 11 is 15.2. The summed E-state index contributed by atoms with van der Waals surface area (Å²) in [7, 11) is 0. The summed E-state index contributed by atoms with van der Waals surface area (Å²) in [5, 5.41) is 3.14. The van der Waals surface area contributed by atoms with Crippen LogP contribution in [-0.4, -0.2) is 10.7 Å². The molecule has 3 aromatic rings. The van der Waals surface area contributed by atoms with Gasteiger partial charge in [0.1, 0.15) is 0 Å². The van der Waals surface area contributed by atoms with Gasteiger partial charge in [-0.2, -0.15) is 0 Å². The predicted molar refractivity (Wildman–Crippen MR) is 104 cm³/mol. The second-order valence-electron chi connectivity index (χ2n) is 5.02. The van der Waals surface area contributed by atoms with E-state index in [1.807, 2.05) is 48.5 Å². The maximum Gasteiger partial charge on any atom is 0.228 e. The van der Waals surface area contributed by atoms with Gasteiger partial charge in [-0.15, -0.1) is 0 Å². The number of halogens is 2. The Bertz CT molecular complexity index is 801. The van der Waals surface area contributed by atoms with Crippen molar-refractivity contribution in [3.05, 3.63) is 58.6 Å². The second kappa shape index (κ2) is 8.34. The first-order valence-corrected chi connectivity index (χ1v) is 10.0. The van der Waals surface area contributed by atoms with Crippen LogP contribution in [0.1, 0.15) is 13.3 Å². The minimum Gasteiger partial charge on any atom is -0.429 e. The SMILES string of the molecule is CCCSc1oc(-c2ccc(Cl)cc2)nc1Sc1ccc(Cl)cc1. The summed E-state index contributed by atoms with van der Waals surface area (Å²) in [4.78, 5) is 5.76. The Morgan fingerprint density at radius 2 is 1.58 bits per heavy atom. The zero-order chi connectivity index (χ0) is 16.9. The van der Waals surface area contributed by atoms with Gasteiger partial charge in [-0.05, 0) is 55.0 Å². The maximum atomic E-state index is 6.00. The molecule has 0 radical (unpaired) electrons. The molecule has 1 aromatic heterocycles. The van der Waals surface area contributed by atoms with Gasteiger partial charge < -0.3 is 4.42 Å². The molecule has 0 unspecified atom stereocenters. The van der Waals surface area contributed by atoms with Crippen molar-refractivity contribution in [3.8, 4) is 11.5 Å². The van der Waals surface area contributed by atoms with Gasteiger partial charge in [0, 0.05) is 26.3 Å². The Labute approximate surface area is 160 Å². The normalized spacial score (nSPS) is 11.0. The van der Waals surface area contributed by atoms with Crippen molar-refractivity contribution >= 4 is 46.7 Å². The molecule has 0 saturated carbocycles. The number of benzene rings is 2. The van der Waals surface area contributed by atoms with Crippen LogP contribution in [0.2, 0.25) is 10.0 Å². The minimum absolute atomic E-state index is 0.613. The lowest BCUT2D eigenvalue weighted by molar-refractivity contribution is 0.474. The number of nitrogens with zero attached hydrogens (tertiary/aromatic N) is 1. The molecule has 0 aliphatic carbocycles. The van der Waals surface area contributed by atoms with Gasteiger partial charge in [-0.1, -0.05) is 53.6 Å². The Hall–Kier alpha value is -1.07. The minimum atomic E-state index is 0.613. The Morgan fingerprint density at radius 1 is 0.958 bits per heavy atom. The Morgan fingerprint density at radius 3 is 2.21 bits per heavy atom. The van der Waals surface area contributed by atoms with E-state index in [0.717, 1.165) is 37.8 Å². The molecule has 124 valence electrons. The molecule has 0 saturated heterocycles. The van der Waals surface area contributed by atoms with E-state index in [0.29, 0.717) is 10.9 Å². The van der Waals surface area contributed by atoms with Crippen LogP contribution in [0, 0.1) is 0 Å². The van der Waals surface area contributed by atoms with E-state index in [2.05, 4.69) is 11.9 Å². The standard InChI is InChI=1S/C18H15Cl2NOS2/c1-2-11-23-18-17(24-15-9-7-14(20)8-10-15)21-16(22-18)12-3-5-13(19)6-4-12/h3-10H,2,11H2,1H3. The molecule has 2 aromatic carbocycles. The van der Waals surface area contributed by atoms with Crippen LogP contribution in [0.15, 0.2) is 68.0 Å². The van der Waals surface area contributed by atoms with E-state index in [9.17, 15) is 0 Å². The van der Waals surface area contributed by atoms with Gasteiger partial charge in [0.25, 0.3) is 0 Å². The summed E-state index contributed by atoms with van der Waals surface area (Å²) < 4.78 is 6.00. The summed E-state index contributed by atoms with van der Waals surface area (Å²) in [5.41, 5.74) is 0.917. The van der Waals surface area contributed by atoms with Gasteiger partial charge in [0.15, 0.2) is 10.1 Å². The number of oxazole rings is 1. The lowest BCUT2D eigenvalue weighted by atomic mass is 10.2. The highest BCUT2D eigenvalue weighted by Crippen LogP contribution is 2.38. The van der Waals surface area contributed by atoms with Crippen molar-refractivity contribution in [2.75, 3.05) is 5.75 Å². The van der Waals surface area contributed by atoms with Crippen LogP contribution in [0.25, 0.3) is 11.5 Å². The van der Waals surface area contributed by atoms with Crippen molar-refractivity contribution in [3.63, 3.8) is 0 Å². The van der Waals surface area contributed by atoms with Crippen molar-refractivity contribution in [2.24, 2.45) is 0 Å². The number of hydrogen-bond acceptors (Lipinski definition) is 4. The molecular formula is C18H15Cl2NOS2. The van der Waals surface area contributed by atoms with Crippen molar-refractivity contribution in [1.29, 1.82) is 0 Å². The molecular weight excluding hydrogens is 381 g/mol. The molecule has 0 aliphatic heterocycles. The number of aromatic nitrogens is 1. The van der Waals surface area contributed by atoms with E-state index in [1.165, 1.54) is 0 Å². The average molecular weight is 396 g/mol. The second-order valence-corrected chi connectivity index (χ2v) is 8.03. The van der Waals surface area contributed by atoms with Crippen LogP contribution in [0.5, 0.6) is 0 Å². The first-order chi connectivity index (χ1) is 11.7. The molecule has 0 amide bonds. The zero-order valence-electron chi connectivity index (χ0n) is 13.0. The van der Waals surface area contributed by atoms with Gasteiger partial charge in [-0.3, -0.25) is 0 Å². The Kier molecular flexibility index (Phi) is 6.17. The van der Waals surface area contributed by atoms with E-state index in [4.69, 9.17) is 27.6 Å². The lowest BCUT2D eigenvalue weighted by Gasteiger charge is -2.00. The highest BCUT2D eigenvalue weighted by atomic mass is 35.5. The quantitative estimate of drug-likeness (QED) is 0.408. The molecule has 0 atom stereocenters. The van der Waals surface area contributed by atoms with Gasteiger partial charge >= 0.3 is 0 Å². The summed E-state index contributed by atoms with van der Waals surface area (Å²) in [5.74, 6) is 1.60. The van der Waals surface area contributed by atoms with E-state index >= 15 is 0 Å². The van der Waals surface area contributed by atoms with Crippen LogP contribution < -0.4 is 0 Å². The third-order valence-corrected chi connectivity index (χ3v) is 5.89. The van der Waals surface area contributed by atoms with Gasteiger partial charge in [0.2, 0.25) is 5.89 Å². The summed E-state index contributed by atoms with van der Waals surface area (Å²) in [6.45, 7) is 2.15. The van der Waals surface area contributed by atoms with E-state index in [1.54, 1.807) is 23.5 Å². The molecule has 0 spiro atoms. The maximum absolute atomic E-state index is 6.00. The first-order valence-electron chi connectivity index (χ1n) is 7.48. The van der Waals surface area contributed by atoms with Crippen LogP contribution >= 0.6 is 46.7 Å². The molecule has 0 N–H and O–H groups in total. The van der Waals surface area contributed by atoms with Gasteiger partial charge in [0.05, 0.1) is 0 Å². The fourth-order valence-electron chi connectivity index (χ4n) is 1.97. The molecule has 0 aliphatic rings. The molecule has 0 fully saturated rings. The smallest absolute Gasteiger partial charge is 0.228 e. The number of rotatable bonds is 6. The lowest BCUT2D eigenvalue weighted by Crippen LogP contribution is -1.79. The first kappa shape index (κ1) is 17.7. The topological polar surface area (TPSA) is 26.0 Å². The summed E-state index contributed by atoms with van der Waals surface area (Å²) in [6, 6.07) is 15.2. The molecule has 2 nitrogen and oxygen atoms in total. The van der Waals surface area contributed by atoms with Crippen LogP contribution in [0.3, 0.4) is 0 Å². The van der Waals surface area contributed by atoms with Gasteiger partial charge in [-0.25, -0.2) is 4.98 Å². The third kappa shape index (κ3) is 4.51. The molecule has 24 heavy (non-hydrogen) atoms. The van der Waals surface area contributed by atoms with Crippen molar-refractivity contribution < 1.29 is 4.42 Å². The van der Waals surface area contributed by atoms with E-state index < -0.39 is 0 Å². The highest BCUT2D eigenvalue weighted by molar-refractivity contribution is 8.02. The number of hydrogen-bond donors (Lipinski definition) is 0. The van der Waals surface area contributed by atoms with Crippen LogP contribution in [-0.2, 0) is 0 Å². The fourth-order valence-corrected chi connectivity index (χ4v) is 3.97. The fraction of sp³-hybridized carbons (Fsp3) is 0.167. The van der Waals surface area contributed by atoms with Crippen molar-refractivity contribution in [2.45, 2.75) is 28.4 Å². The summed E-state index contributed by atoms with van der Waals surface area (Å²) in [6.07, 6.45) is 1.08. The molecule has 3 rings (SSSR count). The zero-order valence-corrected chi connectivity index (χ0v) is 16.1. The third-order valence-electron chi connectivity index (χ3n) is 3.12. The molecule has 0 bridgehead atoms. The monoisotopic (exact) mass is 395 g/mol. The van der Waals surface area contributed by atoms with Crippen molar-refractivity contribution in [1.82, 2.24) is 4.98 Å². The van der Waals surface area contributed by atoms with E-state index in [-0.39, 0.29) is 0 Å². The molecule has 6 heteroatoms. The molecule has 1 heterocycles. The Balaban J connectivity index is 1.90. The largest absolute Gasteiger partial charge is 0.429 e. The highest BCUT2D eigenvalue weighted by Gasteiger charge is 2.16.